The second-order valence-electron chi connectivity index (χ2n) is 36.5. The lowest BCUT2D eigenvalue weighted by molar-refractivity contribution is -0.282. The Balaban J connectivity index is 0.0000167. The minimum absolute atomic E-state index is 0.0162. The van der Waals surface area contributed by atoms with E-state index in [1.54, 1.807) is 34.6 Å². The highest BCUT2D eigenvalue weighted by Crippen LogP contribution is 2.49. The van der Waals surface area contributed by atoms with Gasteiger partial charge in [-0.3, -0.25) is 47.5 Å². The van der Waals surface area contributed by atoms with Gasteiger partial charge in [-0.25, -0.2) is 0 Å². The monoisotopic (exact) mass is 2050 g/mol. The molecule has 5 saturated heterocycles. The highest BCUT2D eigenvalue weighted by atomic mass is 31.2. The lowest BCUT2D eigenvalue weighted by atomic mass is 9.77. The number of carbonyl (C=O) groups excluding carboxylic acids is 8. The third kappa shape index (κ3) is 45.7. The summed E-state index contributed by atoms with van der Waals surface area (Å²) in [6.07, 6.45) is -9.02. The van der Waals surface area contributed by atoms with Crippen molar-refractivity contribution in [2.45, 2.75) is 349 Å². The summed E-state index contributed by atoms with van der Waals surface area (Å²) in [5.41, 5.74) is -1.75. The normalized spacial score (nSPS) is 30.1. The molecule has 9 unspecified atom stereocenters. The maximum atomic E-state index is 14.6. The van der Waals surface area contributed by atoms with Crippen molar-refractivity contribution in [2.24, 2.45) is 23.7 Å². The number of nitrogens with one attached hydrogen (secondary N) is 2. The largest absolute Gasteiger partial charge is 0.789 e. The first kappa shape index (κ1) is 125. The molecular formula is C90H159N3O42P3-3. The van der Waals surface area contributed by atoms with Crippen molar-refractivity contribution in [1.82, 2.24) is 15.5 Å². The van der Waals surface area contributed by atoms with Crippen LogP contribution in [0.1, 0.15) is 221 Å². The first-order valence-corrected chi connectivity index (χ1v) is 53.1. The molecule has 0 aromatic carbocycles. The minimum atomic E-state index is -5.43. The van der Waals surface area contributed by atoms with E-state index in [1.807, 2.05) is 0 Å². The van der Waals surface area contributed by atoms with Crippen LogP contribution in [0.4, 0.5) is 0 Å². The van der Waals surface area contributed by atoms with Crippen LogP contribution in [0.2, 0.25) is 0 Å². The van der Waals surface area contributed by atoms with Crippen molar-refractivity contribution in [3.63, 3.8) is 0 Å². The number of rotatable bonds is 74. The molecule has 6 fully saturated rings. The first-order valence-electron chi connectivity index (χ1n) is 48.4. The molecule has 5 heterocycles. The molecule has 5 aliphatic heterocycles. The van der Waals surface area contributed by atoms with Gasteiger partial charge in [-0.1, -0.05) is 39.9 Å². The number of amides is 3. The lowest BCUT2D eigenvalue weighted by Crippen LogP contribution is -2.59. The zero-order chi connectivity index (χ0) is 102. The number of aliphatic hydroxyl groups excluding tert-OH is 11. The Labute approximate surface area is 809 Å². The van der Waals surface area contributed by atoms with Gasteiger partial charge in [0.05, 0.1) is 147 Å². The molecular weight excluding hydrogens is 1890 g/mol. The summed E-state index contributed by atoms with van der Waals surface area (Å²) in [6, 6.07) is -1.19. The van der Waals surface area contributed by atoms with Crippen molar-refractivity contribution >= 4 is 76.1 Å². The van der Waals surface area contributed by atoms with Crippen LogP contribution in [0, 0.1) is 23.7 Å². The fourth-order valence-electron chi connectivity index (χ4n) is 16.9. The predicted molar refractivity (Wildman–Crippen MR) is 486 cm³/mol. The van der Waals surface area contributed by atoms with Gasteiger partial charge < -0.3 is 170 Å². The van der Waals surface area contributed by atoms with E-state index in [-0.39, 0.29) is 177 Å². The van der Waals surface area contributed by atoms with E-state index < -0.39 is 246 Å². The van der Waals surface area contributed by atoms with Gasteiger partial charge >= 0.3 is 0 Å². The number of ether oxygens (including phenoxy) is 12. The molecule has 138 heavy (non-hydrogen) atoms. The summed E-state index contributed by atoms with van der Waals surface area (Å²) in [4.78, 5) is 149. The lowest BCUT2D eigenvalue weighted by Gasteiger charge is -2.40. The smallest absolute Gasteiger partial charge is 0.268 e. The number of hydrogen-bond acceptors (Lipinski definition) is 42. The molecule has 0 aromatic rings. The van der Waals surface area contributed by atoms with Crippen LogP contribution < -0.4 is 25.3 Å². The van der Waals surface area contributed by atoms with E-state index in [0.717, 1.165) is 19.1 Å². The van der Waals surface area contributed by atoms with Gasteiger partial charge in [-0.2, -0.15) is 0 Å². The highest BCUT2D eigenvalue weighted by molar-refractivity contribution is 7.57. The zero-order valence-electron chi connectivity index (χ0n) is 81.4. The molecule has 804 valence electrons. The topological polar surface area (TPSA) is 656 Å². The quantitative estimate of drug-likeness (QED) is 0.0223. The fraction of sp³-hybridized carbons (Fsp3) is 0.900. The number of likely N-dealkylation sites (tertiary alicyclic amines) is 1. The standard InChI is InChI=1S/C89H157N3O41P3.CH4O/c1-57-43-71(74(128-57)52-127-136(114,115)133-86-75(53-125-134(8,111)117-7)129-61(5)85(86)122-42-41-116-6)132-135(112,113)126-51-63-45-69(101)47-92(63)78(104)46-77(103)91-89(54-118-38-31-67(99)25-13-9-11-23-64(96)29-17-21-36-123-87-59(3)80(106)83(109)72(49-94)130-87,55-119-39-32-68(100)26-14-10-12-24-65(97)30-18-22-37-124-88-60(4)81(107)84(110)73(50-95)131-88)56-120-40-33-76(102)90-34-19-15-27-66(98)28-16-20-35-121-70-44-62(48-93)82(108)79(105)58(70)2;1-2/h57-63,69-75,79-88,93-95,101,105-110H,8-56H2,1-7H3,(H4-,90,91,102,103,111,112,113,114,115);2H,1H3/q-1;/p-2/t57-,58?,59?,60?,61-,62?,63-,69+,70+,71-,72?,73?,74+,75+,79+,80+,81+,82-,83-,84-,85-,86+,87+,88+,89?,134?;/m0./s1. The summed E-state index contributed by atoms with van der Waals surface area (Å²) in [5.74, 6) is -4.59. The van der Waals surface area contributed by atoms with E-state index in [1.165, 1.54) is 7.11 Å². The van der Waals surface area contributed by atoms with Crippen molar-refractivity contribution in [3.8, 4) is 0 Å². The van der Waals surface area contributed by atoms with Crippen LogP contribution in [-0.4, -0.2) is 389 Å². The highest BCUT2D eigenvalue weighted by Gasteiger charge is 2.50. The van der Waals surface area contributed by atoms with E-state index >= 15 is 0 Å². The number of carbonyl (C=O) groups is 8. The van der Waals surface area contributed by atoms with Gasteiger partial charge in [0.2, 0.25) is 17.7 Å². The Bertz CT molecular complexity index is 3440. The molecule has 0 bridgehead atoms. The molecule has 0 aromatic heterocycles. The van der Waals surface area contributed by atoms with E-state index in [0.29, 0.717) is 109 Å². The number of Topliss-reactive ketones (excluding diaryl/α,β-unsaturated/α-hetero) is 5. The van der Waals surface area contributed by atoms with Crippen molar-refractivity contribution in [3.05, 3.63) is 0 Å². The van der Waals surface area contributed by atoms with Crippen LogP contribution in [0.5, 0.6) is 0 Å². The third-order valence-electron chi connectivity index (χ3n) is 25.2. The number of hydrogen-bond donors (Lipinski definition) is 13. The summed E-state index contributed by atoms with van der Waals surface area (Å²) in [5, 5.41) is 114. The van der Waals surface area contributed by atoms with Gasteiger partial charge in [-0.05, 0) is 104 Å². The molecule has 27 atom stereocenters. The zero-order valence-corrected chi connectivity index (χ0v) is 84.1. The van der Waals surface area contributed by atoms with Crippen LogP contribution in [0.25, 0.3) is 0 Å². The number of ketones is 5. The number of β-amino-alcohol motifs (C(OH)–C–C–N with tert-alkyl or cyclic N) is 1. The molecule has 1 aliphatic carbocycles. The Hall–Kier alpha value is -3.76. The molecule has 45 nitrogen and oxygen atoms in total. The fourth-order valence-corrected chi connectivity index (χ4v) is 19.3. The Kier molecular flexibility index (Phi) is 60.1. The maximum Gasteiger partial charge on any atom is 0.268 e. The second-order valence-corrected chi connectivity index (χ2v) is 41.1. The average Bonchev–Trinajstić information content (AvgIpc) is 1.54. The SMILES string of the molecule is C=P([O-])(OC)OC[C@H]1O[C@@H](C)[C@H](OCCOC)[C@@H]1OP(=O)([O-])OC[C@H]1O[C@@H](C)C[C@@H]1OP(=O)([O-])OC[C@@H]1C[C@@H](O)CN1C(=O)CC(=O)NC(COCCC(=O)CCCCCC(=O)CCCCO[C@@H]1OC(CO)[C@H](O)[C@H](O)C1C)(COCCC(=O)CCCCCC(=O)CCCCO[C@@H]1OC(CO)[C@H](O)[C@H](O)C1C)COCCC(=O)NCCCCC(=O)CCCCO[C@@H]1CC(CO)[C@H](O)[C@H](O)C1C.CO. The summed E-state index contributed by atoms with van der Waals surface area (Å²) < 4.78 is 129. The average molecular weight is 2050 g/mol. The molecule has 0 radical (unpaired) electrons. The summed E-state index contributed by atoms with van der Waals surface area (Å²) in [7, 11) is -11.1. The van der Waals surface area contributed by atoms with Crippen LogP contribution in [0.15, 0.2) is 0 Å². The van der Waals surface area contributed by atoms with Gasteiger partial charge in [0.15, 0.2) is 12.6 Å². The van der Waals surface area contributed by atoms with Gasteiger partial charge in [-0.15, -0.1) is 0 Å². The predicted octanol–water partition coefficient (Wildman–Crippen LogP) is 0.459. The molecule has 13 N–H and O–H groups in total. The number of phosphoric ester groups is 2. The van der Waals surface area contributed by atoms with Crippen LogP contribution in [-0.2, 0) is 131 Å². The van der Waals surface area contributed by atoms with E-state index in [9.17, 15) is 113 Å². The number of methoxy groups -OCH3 is 1. The van der Waals surface area contributed by atoms with Gasteiger partial charge in [0.1, 0.15) is 89.7 Å². The Morgan fingerprint density at radius 1 is 0.442 bits per heavy atom. The van der Waals surface area contributed by atoms with Gasteiger partial charge in [0, 0.05) is 169 Å². The van der Waals surface area contributed by atoms with Crippen LogP contribution in [0.3, 0.4) is 0 Å². The third-order valence-corrected chi connectivity index (χ3v) is 28.3. The number of unbranched alkanes of at least 4 members (excludes halogenated alkanes) is 8. The molecule has 6 rings (SSSR count). The van der Waals surface area contributed by atoms with Crippen molar-refractivity contribution in [1.29, 1.82) is 0 Å². The Morgan fingerprint density at radius 3 is 1.39 bits per heavy atom. The van der Waals surface area contributed by atoms with Crippen molar-refractivity contribution < 1.29 is 202 Å². The van der Waals surface area contributed by atoms with E-state index in [4.69, 9.17) is 89.1 Å². The second kappa shape index (κ2) is 66.5. The summed E-state index contributed by atoms with van der Waals surface area (Å²) in [6.45, 7) is 3.43. The molecule has 1 saturated carbocycles. The number of aliphatic hydroxyl groups is 11. The van der Waals surface area contributed by atoms with Crippen molar-refractivity contribution in [2.75, 3.05) is 147 Å². The first-order chi connectivity index (χ1) is 65.7. The van der Waals surface area contributed by atoms with Crippen LogP contribution >= 0.6 is 23.2 Å². The number of phosphoric acid groups is 2. The molecule has 0 spiro atoms. The maximum absolute atomic E-state index is 14.6. The van der Waals surface area contributed by atoms with Gasteiger partial charge in [0.25, 0.3) is 15.6 Å². The summed E-state index contributed by atoms with van der Waals surface area (Å²) >= 11 is 0. The molecule has 48 heteroatoms. The number of nitrogens with zero attached hydrogens (tertiary/aromatic N) is 1. The molecule has 6 aliphatic rings. The van der Waals surface area contributed by atoms with E-state index in [2.05, 4.69) is 16.9 Å². The Morgan fingerprint density at radius 2 is 0.899 bits per heavy atom. The molecule has 3 amide bonds. The minimum Gasteiger partial charge on any atom is -0.789 e.